The Bertz CT molecular complexity index is 706. The van der Waals surface area contributed by atoms with Crippen LogP contribution in [0.25, 0.3) is 10.9 Å². The predicted octanol–water partition coefficient (Wildman–Crippen LogP) is 2.31. The highest BCUT2D eigenvalue weighted by Crippen LogP contribution is 2.20. The fourth-order valence-electron chi connectivity index (χ4n) is 4.27. The van der Waals surface area contributed by atoms with Gasteiger partial charge in [-0.1, -0.05) is 18.2 Å². The molecule has 27 heavy (non-hydrogen) atoms. The number of fused-ring (bicyclic) bond motifs is 1. The Hall–Kier alpha value is -0.950. The van der Waals surface area contributed by atoms with E-state index in [1.54, 1.807) is 0 Å². The van der Waals surface area contributed by atoms with Crippen molar-refractivity contribution in [3.63, 3.8) is 0 Å². The molecule has 5 nitrogen and oxygen atoms in total. The molecule has 1 atom stereocenters. The molecular formula is C20H30Cl2N4O. The molecule has 0 spiro atoms. The van der Waals surface area contributed by atoms with Gasteiger partial charge in [-0.15, -0.1) is 24.8 Å². The standard InChI is InChI=1S/C20H28N4O.2ClH/c25-18-14-23(11-12-24(15-18)17-6-9-21-10-7-17)13-16-3-1-5-20-19(16)4-2-8-22-20;;/h1-5,8,17-18,21,25H,6-7,9-15H2;2*1H. The summed E-state index contributed by atoms with van der Waals surface area (Å²) in [6.07, 6.45) is 3.97. The van der Waals surface area contributed by atoms with E-state index in [0.717, 1.165) is 51.3 Å². The van der Waals surface area contributed by atoms with Gasteiger partial charge in [0.2, 0.25) is 0 Å². The van der Waals surface area contributed by atoms with Gasteiger partial charge in [-0.25, -0.2) is 0 Å². The number of nitrogens with one attached hydrogen (secondary N) is 1. The first kappa shape index (κ1) is 22.3. The number of nitrogens with zero attached hydrogens (tertiary/aromatic N) is 3. The fraction of sp³-hybridized carbons (Fsp3) is 0.550. The molecule has 2 aliphatic rings. The van der Waals surface area contributed by atoms with E-state index in [1.807, 2.05) is 12.3 Å². The maximum absolute atomic E-state index is 10.5. The van der Waals surface area contributed by atoms with Gasteiger partial charge in [0.25, 0.3) is 0 Å². The summed E-state index contributed by atoms with van der Waals surface area (Å²) in [5.74, 6) is 0. The normalized spacial score (nSPS) is 22.6. The summed E-state index contributed by atoms with van der Waals surface area (Å²) in [6, 6.07) is 11.1. The first-order chi connectivity index (χ1) is 12.3. The summed E-state index contributed by atoms with van der Waals surface area (Å²) < 4.78 is 0. The van der Waals surface area contributed by atoms with Crippen LogP contribution in [-0.2, 0) is 6.54 Å². The zero-order valence-electron chi connectivity index (χ0n) is 15.6. The Labute approximate surface area is 174 Å². The highest BCUT2D eigenvalue weighted by atomic mass is 35.5. The van der Waals surface area contributed by atoms with Crippen molar-refractivity contribution >= 4 is 35.7 Å². The van der Waals surface area contributed by atoms with Crippen LogP contribution >= 0.6 is 24.8 Å². The van der Waals surface area contributed by atoms with Crippen LogP contribution in [0.15, 0.2) is 36.5 Å². The zero-order chi connectivity index (χ0) is 17.1. The Morgan fingerprint density at radius 1 is 1.04 bits per heavy atom. The minimum Gasteiger partial charge on any atom is -0.390 e. The van der Waals surface area contributed by atoms with E-state index < -0.39 is 0 Å². The Morgan fingerprint density at radius 2 is 1.85 bits per heavy atom. The van der Waals surface area contributed by atoms with E-state index in [2.05, 4.69) is 44.4 Å². The van der Waals surface area contributed by atoms with Crippen LogP contribution in [0.3, 0.4) is 0 Å². The molecule has 2 saturated heterocycles. The van der Waals surface area contributed by atoms with Crippen molar-refractivity contribution in [2.24, 2.45) is 0 Å². The van der Waals surface area contributed by atoms with E-state index in [1.165, 1.54) is 23.8 Å². The number of benzene rings is 1. The van der Waals surface area contributed by atoms with Crippen LogP contribution in [-0.4, -0.2) is 71.3 Å². The quantitative estimate of drug-likeness (QED) is 0.809. The minimum atomic E-state index is -0.273. The molecule has 4 rings (SSSR count). The smallest absolute Gasteiger partial charge is 0.0794 e. The SMILES string of the molecule is Cl.Cl.OC1CN(Cc2cccc3ncccc23)CCN(C2CCNCC2)C1. The van der Waals surface area contributed by atoms with Gasteiger partial charge in [-0.2, -0.15) is 0 Å². The molecule has 1 aromatic heterocycles. The van der Waals surface area contributed by atoms with Crippen molar-refractivity contribution in [1.82, 2.24) is 20.1 Å². The van der Waals surface area contributed by atoms with Gasteiger partial charge in [0, 0.05) is 50.3 Å². The van der Waals surface area contributed by atoms with Crippen molar-refractivity contribution in [1.29, 1.82) is 0 Å². The molecule has 0 amide bonds. The predicted molar refractivity (Wildman–Crippen MR) is 115 cm³/mol. The second-order valence-corrected chi connectivity index (χ2v) is 7.35. The lowest BCUT2D eigenvalue weighted by molar-refractivity contribution is 0.0854. The van der Waals surface area contributed by atoms with E-state index in [9.17, 15) is 5.11 Å². The molecule has 2 fully saturated rings. The van der Waals surface area contributed by atoms with Gasteiger partial charge in [0.1, 0.15) is 0 Å². The van der Waals surface area contributed by atoms with Crippen LogP contribution in [0.5, 0.6) is 0 Å². The second-order valence-electron chi connectivity index (χ2n) is 7.35. The molecule has 3 heterocycles. The van der Waals surface area contributed by atoms with Gasteiger partial charge in [-0.05, 0) is 43.6 Å². The van der Waals surface area contributed by atoms with Gasteiger partial charge >= 0.3 is 0 Å². The third-order valence-corrected chi connectivity index (χ3v) is 5.57. The van der Waals surface area contributed by atoms with E-state index in [0.29, 0.717) is 6.04 Å². The lowest BCUT2D eigenvalue weighted by atomic mass is 10.0. The van der Waals surface area contributed by atoms with Crippen LogP contribution in [0.1, 0.15) is 18.4 Å². The zero-order valence-corrected chi connectivity index (χ0v) is 17.2. The van der Waals surface area contributed by atoms with E-state index in [4.69, 9.17) is 0 Å². The van der Waals surface area contributed by atoms with Crippen LogP contribution in [0, 0.1) is 0 Å². The first-order valence-corrected chi connectivity index (χ1v) is 9.47. The number of aliphatic hydroxyl groups is 1. The number of halogens is 2. The molecule has 0 radical (unpaired) electrons. The molecular weight excluding hydrogens is 383 g/mol. The second kappa shape index (κ2) is 10.6. The minimum absolute atomic E-state index is 0. The van der Waals surface area contributed by atoms with Crippen molar-refractivity contribution in [2.45, 2.75) is 31.5 Å². The van der Waals surface area contributed by atoms with Crippen molar-refractivity contribution in [3.05, 3.63) is 42.1 Å². The number of aromatic nitrogens is 1. The Kier molecular flexibility index (Phi) is 8.73. The third-order valence-electron chi connectivity index (χ3n) is 5.57. The molecule has 0 bridgehead atoms. The summed E-state index contributed by atoms with van der Waals surface area (Å²) in [7, 11) is 0. The molecule has 150 valence electrons. The van der Waals surface area contributed by atoms with Gasteiger partial charge in [0.15, 0.2) is 0 Å². The molecule has 2 N–H and O–H groups in total. The summed E-state index contributed by atoms with van der Waals surface area (Å²) in [4.78, 5) is 9.37. The molecule has 0 aliphatic carbocycles. The lowest BCUT2D eigenvalue weighted by Crippen LogP contribution is -2.46. The maximum Gasteiger partial charge on any atom is 0.0794 e. The number of rotatable bonds is 3. The number of β-amino-alcohol motifs (C(OH)–C–C–N with tert-alkyl or cyclic N) is 1. The third kappa shape index (κ3) is 5.53. The van der Waals surface area contributed by atoms with Crippen molar-refractivity contribution < 1.29 is 5.11 Å². The number of pyridine rings is 1. The number of aliphatic hydroxyl groups excluding tert-OH is 1. The van der Waals surface area contributed by atoms with Gasteiger partial charge < -0.3 is 10.4 Å². The molecule has 7 heteroatoms. The summed E-state index contributed by atoms with van der Waals surface area (Å²) in [6.45, 7) is 6.69. The summed E-state index contributed by atoms with van der Waals surface area (Å²) in [5, 5.41) is 15.2. The van der Waals surface area contributed by atoms with Crippen LogP contribution < -0.4 is 5.32 Å². The average molecular weight is 413 g/mol. The highest BCUT2D eigenvalue weighted by molar-refractivity contribution is 5.85. The van der Waals surface area contributed by atoms with E-state index >= 15 is 0 Å². The largest absolute Gasteiger partial charge is 0.390 e. The van der Waals surface area contributed by atoms with E-state index in [-0.39, 0.29) is 30.9 Å². The number of hydrogen-bond acceptors (Lipinski definition) is 5. The molecule has 2 aliphatic heterocycles. The topological polar surface area (TPSA) is 51.6 Å². The Balaban J connectivity index is 0.00000131. The highest BCUT2D eigenvalue weighted by Gasteiger charge is 2.27. The van der Waals surface area contributed by atoms with Crippen LogP contribution in [0.2, 0.25) is 0 Å². The monoisotopic (exact) mass is 412 g/mol. The number of hydrogen-bond donors (Lipinski definition) is 2. The molecule has 1 unspecified atom stereocenters. The van der Waals surface area contributed by atoms with Crippen molar-refractivity contribution in [2.75, 3.05) is 39.3 Å². The maximum atomic E-state index is 10.5. The molecule has 1 aromatic carbocycles. The lowest BCUT2D eigenvalue weighted by Gasteiger charge is -2.34. The summed E-state index contributed by atoms with van der Waals surface area (Å²) >= 11 is 0. The Morgan fingerprint density at radius 3 is 2.67 bits per heavy atom. The van der Waals surface area contributed by atoms with Crippen molar-refractivity contribution in [3.8, 4) is 0 Å². The molecule has 0 saturated carbocycles. The average Bonchev–Trinajstić information content (AvgIpc) is 2.84. The van der Waals surface area contributed by atoms with Gasteiger partial charge in [-0.3, -0.25) is 14.8 Å². The van der Waals surface area contributed by atoms with Crippen LogP contribution in [0.4, 0.5) is 0 Å². The fourth-order valence-corrected chi connectivity index (χ4v) is 4.27. The van der Waals surface area contributed by atoms with Gasteiger partial charge in [0.05, 0.1) is 11.6 Å². The first-order valence-electron chi connectivity index (χ1n) is 9.47. The number of piperidine rings is 1. The summed E-state index contributed by atoms with van der Waals surface area (Å²) in [5.41, 5.74) is 2.35. The molecule has 2 aromatic rings.